The Morgan fingerprint density at radius 3 is 3.29 bits per heavy atom. The number of amides is 1. The van der Waals surface area contributed by atoms with E-state index in [2.05, 4.69) is 10.6 Å². The Morgan fingerprint density at radius 2 is 2.65 bits per heavy atom. The molecule has 1 unspecified atom stereocenters. The summed E-state index contributed by atoms with van der Waals surface area (Å²) >= 11 is 1.66. The van der Waals surface area contributed by atoms with Crippen LogP contribution in [0.4, 0.5) is 0 Å². The molecule has 0 aromatic carbocycles. The number of carbonyl (C=O) groups is 1. The molecule has 2 rings (SSSR count). The van der Waals surface area contributed by atoms with Crippen molar-refractivity contribution >= 4 is 17.2 Å². The molecule has 1 fully saturated rings. The van der Waals surface area contributed by atoms with Crippen LogP contribution in [0.1, 0.15) is 24.3 Å². The van der Waals surface area contributed by atoms with Gasteiger partial charge in [-0.15, -0.1) is 11.3 Å². The molecule has 0 radical (unpaired) electrons. The van der Waals surface area contributed by atoms with Gasteiger partial charge in [-0.25, -0.2) is 0 Å². The van der Waals surface area contributed by atoms with E-state index in [9.17, 15) is 4.79 Å². The number of morpholine rings is 1. The molecule has 0 bridgehead atoms. The highest BCUT2D eigenvalue weighted by atomic mass is 32.1. The summed E-state index contributed by atoms with van der Waals surface area (Å²) in [5.41, 5.74) is 0. The molecule has 17 heavy (non-hydrogen) atoms. The Morgan fingerprint density at radius 1 is 1.76 bits per heavy atom. The molecule has 2 atom stereocenters. The van der Waals surface area contributed by atoms with Gasteiger partial charge in [0, 0.05) is 23.9 Å². The molecule has 1 aliphatic rings. The maximum absolute atomic E-state index is 11.8. The van der Waals surface area contributed by atoms with Crippen molar-refractivity contribution in [3.8, 4) is 0 Å². The van der Waals surface area contributed by atoms with Crippen LogP contribution >= 0.6 is 11.3 Å². The van der Waals surface area contributed by atoms with Gasteiger partial charge in [0.15, 0.2) is 0 Å². The third kappa shape index (κ3) is 3.80. The fraction of sp³-hybridized carbons (Fsp3) is 0.583. The number of nitrogens with one attached hydrogen (secondary N) is 2. The maximum atomic E-state index is 11.8. The van der Waals surface area contributed by atoms with Gasteiger partial charge in [-0.1, -0.05) is 6.07 Å². The van der Waals surface area contributed by atoms with E-state index in [0.29, 0.717) is 13.0 Å². The van der Waals surface area contributed by atoms with Crippen LogP contribution in [0.3, 0.4) is 0 Å². The molecule has 1 aromatic rings. The summed E-state index contributed by atoms with van der Waals surface area (Å²) in [7, 11) is 0. The monoisotopic (exact) mass is 254 g/mol. The van der Waals surface area contributed by atoms with E-state index < -0.39 is 0 Å². The lowest BCUT2D eigenvalue weighted by molar-refractivity contribution is -0.122. The van der Waals surface area contributed by atoms with Crippen LogP contribution in [0.15, 0.2) is 17.5 Å². The lowest BCUT2D eigenvalue weighted by atomic mass is 10.1. The Labute approximate surface area is 105 Å². The van der Waals surface area contributed by atoms with Gasteiger partial charge in [0.05, 0.1) is 19.3 Å². The Balaban J connectivity index is 1.76. The first-order valence-electron chi connectivity index (χ1n) is 5.89. The SMILES string of the molecule is C[C@@H](NC(=O)CC1COCCN1)c1cccs1. The van der Waals surface area contributed by atoms with Crippen molar-refractivity contribution in [2.24, 2.45) is 0 Å². The van der Waals surface area contributed by atoms with Crippen molar-refractivity contribution in [2.45, 2.75) is 25.4 Å². The van der Waals surface area contributed by atoms with Crippen molar-refractivity contribution in [3.63, 3.8) is 0 Å². The van der Waals surface area contributed by atoms with E-state index in [0.717, 1.165) is 13.2 Å². The molecule has 1 aliphatic heterocycles. The fourth-order valence-electron chi connectivity index (χ4n) is 1.88. The molecule has 0 saturated carbocycles. The minimum atomic E-state index is 0.0777. The molecule has 1 saturated heterocycles. The minimum absolute atomic E-state index is 0.0777. The molecule has 1 aromatic heterocycles. The van der Waals surface area contributed by atoms with Crippen molar-refractivity contribution in [2.75, 3.05) is 19.8 Å². The third-order valence-electron chi connectivity index (χ3n) is 2.78. The van der Waals surface area contributed by atoms with Gasteiger partial charge < -0.3 is 15.4 Å². The zero-order chi connectivity index (χ0) is 12.1. The van der Waals surface area contributed by atoms with Gasteiger partial charge in [-0.2, -0.15) is 0 Å². The maximum Gasteiger partial charge on any atom is 0.222 e. The van der Waals surface area contributed by atoms with Crippen LogP contribution in [0.25, 0.3) is 0 Å². The lowest BCUT2D eigenvalue weighted by Crippen LogP contribution is -2.44. The lowest BCUT2D eigenvalue weighted by Gasteiger charge is -2.23. The fourth-order valence-corrected chi connectivity index (χ4v) is 2.62. The summed E-state index contributed by atoms with van der Waals surface area (Å²) in [6.45, 7) is 4.21. The van der Waals surface area contributed by atoms with Crippen molar-refractivity contribution in [1.82, 2.24) is 10.6 Å². The Hall–Kier alpha value is -0.910. The highest BCUT2D eigenvalue weighted by Gasteiger charge is 2.18. The molecule has 0 aliphatic carbocycles. The van der Waals surface area contributed by atoms with Crippen molar-refractivity contribution < 1.29 is 9.53 Å². The van der Waals surface area contributed by atoms with E-state index in [4.69, 9.17) is 4.74 Å². The highest BCUT2D eigenvalue weighted by molar-refractivity contribution is 7.10. The number of carbonyl (C=O) groups excluding carboxylic acids is 1. The van der Waals surface area contributed by atoms with E-state index in [1.54, 1.807) is 11.3 Å². The zero-order valence-corrected chi connectivity index (χ0v) is 10.8. The second kappa shape index (κ2) is 6.14. The second-order valence-corrected chi connectivity index (χ2v) is 5.21. The molecular weight excluding hydrogens is 236 g/mol. The zero-order valence-electron chi connectivity index (χ0n) is 9.94. The van der Waals surface area contributed by atoms with Gasteiger partial charge in [0.2, 0.25) is 5.91 Å². The summed E-state index contributed by atoms with van der Waals surface area (Å²) in [6.07, 6.45) is 0.482. The molecule has 4 nitrogen and oxygen atoms in total. The van der Waals surface area contributed by atoms with Crippen LogP contribution in [-0.2, 0) is 9.53 Å². The van der Waals surface area contributed by atoms with Crippen molar-refractivity contribution in [3.05, 3.63) is 22.4 Å². The van der Waals surface area contributed by atoms with E-state index in [1.165, 1.54) is 4.88 Å². The number of hydrogen-bond acceptors (Lipinski definition) is 4. The number of ether oxygens (including phenoxy) is 1. The van der Waals surface area contributed by atoms with Gasteiger partial charge in [0.25, 0.3) is 0 Å². The first kappa shape index (κ1) is 12.5. The number of hydrogen-bond donors (Lipinski definition) is 2. The quantitative estimate of drug-likeness (QED) is 0.851. The van der Waals surface area contributed by atoms with Crippen LogP contribution < -0.4 is 10.6 Å². The average Bonchev–Trinajstić information content (AvgIpc) is 2.83. The molecule has 2 heterocycles. The van der Waals surface area contributed by atoms with Gasteiger partial charge >= 0.3 is 0 Å². The Kier molecular flexibility index (Phi) is 4.53. The Bertz CT molecular complexity index is 347. The molecule has 1 amide bonds. The summed E-state index contributed by atoms with van der Waals surface area (Å²) in [5, 5.41) is 8.30. The molecule has 2 N–H and O–H groups in total. The standard InChI is InChI=1S/C12H18N2O2S/c1-9(11-3-2-6-17-11)14-12(15)7-10-8-16-5-4-13-10/h2-3,6,9-10,13H,4-5,7-8H2,1H3,(H,14,15)/t9-,10?/m1/s1. The smallest absolute Gasteiger partial charge is 0.222 e. The molecule has 5 heteroatoms. The molecular formula is C12H18N2O2S. The van der Waals surface area contributed by atoms with E-state index >= 15 is 0 Å². The number of rotatable bonds is 4. The second-order valence-electron chi connectivity index (χ2n) is 4.23. The van der Waals surface area contributed by atoms with Crippen LogP contribution in [-0.4, -0.2) is 31.7 Å². The largest absolute Gasteiger partial charge is 0.378 e. The molecule has 0 spiro atoms. The van der Waals surface area contributed by atoms with E-state index in [-0.39, 0.29) is 18.0 Å². The van der Waals surface area contributed by atoms with Gasteiger partial charge in [0.1, 0.15) is 0 Å². The van der Waals surface area contributed by atoms with Crippen LogP contribution in [0, 0.1) is 0 Å². The summed E-state index contributed by atoms with van der Waals surface area (Å²) < 4.78 is 5.32. The van der Waals surface area contributed by atoms with Gasteiger partial charge in [-0.3, -0.25) is 4.79 Å². The van der Waals surface area contributed by atoms with Crippen molar-refractivity contribution in [1.29, 1.82) is 0 Å². The predicted octanol–water partition coefficient (Wildman–Crippen LogP) is 1.30. The van der Waals surface area contributed by atoms with Crippen LogP contribution in [0.5, 0.6) is 0 Å². The summed E-state index contributed by atoms with van der Waals surface area (Å²) in [6, 6.07) is 4.28. The average molecular weight is 254 g/mol. The first-order chi connectivity index (χ1) is 8.25. The number of thiophene rings is 1. The topological polar surface area (TPSA) is 50.4 Å². The normalized spacial score (nSPS) is 22.1. The summed E-state index contributed by atoms with van der Waals surface area (Å²) in [4.78, 5) is 13.0. The third-order valence-corrected chi connectivity index (χ3v) is 3.83. The van der Waals surface area contributed by atoms with Crippen LogP contribution in [0.2, 0.25) is 0 Å². The predicted molar refractivity (Wildman–Crippen MR) is 68.1 cm³/mol. The van der Waals surface area contributed by atoms with Gasteiger partial charge in [-0.05, 0) is 18.4 Å². The summed E-state index contributed by atoms with van der Waals surface area (Å²) in [5.74, 6) is 0.0777. The highest BCUT2D eigenvalue weighted by Crippen LogP contribution is 2.18. The first-order valence-corrected chi connectivity index (χ1v) is 6.77. The van der Waals surface area contributed by atoms with E-state index in [1.807, 2.05) is 24.4 Å². The minimum Gasteiger partial charge on any atom is -0.378 e. The molecule has 94 valence electrons.